The van der Waals surface area contributed by atoms with Crippen LogP contribution in [0.15, 0.2) is 573 Å². The second kappa shape index (κ2) is 50.6. The number of rotatable bonds is 20. The molecule has 0 saturated heterocycles. The van der Waals surface area contributed by atoms with Gasteiger partial charge in [0.2, 0.25) is 0 Å². The van der Waals surface area contributed by atoms with E-state index in [0.717, 1.165) is 20.6 Å². The summed E-state index contributed by atoms with van der Waals surface area (Å²) in [7, 11) is -0.634. The molecule has 139 heavy (non-hydrogen) atoms. The molecule has 0 amide bonds. The normalized spacial score (nSPS) is 12.1. The van der Waals surface area contributed by atoms with Crippen molar-refractivity contribution in [1.29, 1.82) is 0 Å². The van der Waals surface area contributed by atoms with Gasteiger partial charge in [-0.1, -0.05) is 350 Å². The van der Waals surface area contributed by atoms with E-state index in [1.54, 1.807) is 12.1 Å². The van der Waals surface area contributed by atoms with Crippen molar-refractivity contribution in [2.24, 2.45) is 0 Å². The van der Waals surface area contributed by atoms with Crippen molar-refractivity contribution < 1.29 is 13.2 Å². The van der Waals surface area contributed by atoms with E-state index >= 15 is 0 Å². The summed E-state index contributed by atoms with van der Waals surface area (Å²) < 4.78 is 38.2. The summed E-state index contributed by atoms with van der Waals surface area (Å²) >= 11 is 0. The number of hydrogen-bond acceptors (Lipinski definition) is 0. The van der Waals surface area contributed by atoms with Crippen molar-refractivity contribution in [3.05, 3.63) is 541 Å². The molecule has 0 atom stereocenters. The van der Waals surface area contributed by atoms with Gasteiger partial charge in [-0.25, -0.2) is 0 Å². The van der Waals surface area contributed by atoms with E-state index in [-0.39, 0.29) is 65.3 Å². The first-order chi connectivity index (χ1) is 67.3. The lowest BCUT2D eigenvalue weighted by Gasteiger charge is -2.22. The molecule has 700 valence electrons. The molecule has 1 aliphatic carbocycles. The Morgan fingerprint density at radius 1 is 0.209 bits per heavy atom. The minimum Gasteiger partial charge on any atom is -0.171 e. The highest BCUT2D eigenvalue weighted by molar-refractivity contribution is 7.98. The van der Waals surface area contributed by atoms with Crippen LogP contribution in [0.2, 0.25) is 0 Å². The molecule has 0 aliphatic heterocycles. The highest BCUT2D eigenvalue weighted by Gasteiger charge is 2.37. The first-order valence-corrected chi connectivity index (χ1v) is 55.4. The first-order valence-electron chi connectivity index (χ1n) is 48.1. The third-order valence-electron chi connectivity index (χ3n) is 23.9. The zero-order valence-corrected chi connectivity index (χ0v) is 87.0. The Bertz CT molecular complexity index is 6400. The number of aryl methyl sites for hydroxylation is 6. The summed E-state index contributed by atoms with van der Waals surface area (Å²) in [5, 5.41) is 0. The monoisotopic (exact) mass is 1940 g/mol. The van der Waals surface area contributed by atoms with Gasteiger partial charge in [-0.3, -0.25) is 0 Å². The van der Waals surface area contributed by atoms with Gasteiger partial charge in [0.25, 0.3) is 0 Å². The van der Waals surface area contributed by atoms with Crippen LogP contribution in [0.25, 0.3) is 0 Å². The Hall–Kier alpha value is -12.2. The Morgan fingerprint density at radius 3 is 0.734 bits per heavy atom. The third-order valence-corrected chi connectivity index (χ3v) is 37.4. The van der Waals surface area contributed by atoms with Gasteiger partial charge in [0.15, 0.2) is 88.1 Å². The largest absolute Gasteiger partial charge is 0.393 e. The molecule has 9 heteroatoms. The lowest BCUT2D eigenvalue weighted by atomic mass is 9.84. The maximum absolute atomic E-state index is 12.7. The SMILES string of the molecule is CC(C)(C)c1ccc([S+](c2ccccc2)c2ccc(C(C)(C)C)cc2)cc1.Cc1cc(C)cc([S+](c2ccccc2)c2ccccc2)c1.Cc1ccc([S+](c2ccccc2)c2ccc(C)cc2)cc1.Cc1ccc([S+](c2ccccc2)c2ccccc2)c(C)c1.FC(F)(F)Cc1cccc([S+](c2ccccc2)c2ccccc2)c1.c1ccc([S+](c2ccccc2)c2ccc(C3CCCCC3)cc2)cc1. The van der Waals surface area contributed by atoms with Crippen molar-refractivity contribution >= 4 is 65.4 Å². The van der Waals surface area contributed by atoms with Crippen LogP contribution in [-0.4, -0.2) is 6.18 Å². The average Bonchev–Trinajstić information content (AvgIpc) is 0.841. The number of halogens is 3. The number of alkyl halides is 3. The highest BCUT2D eigenvalue weighted by Crippen LogP contribution is 2.42. The average molecular weight is 1940 g/mol. The zero-order chi connectivity index (χ0) is 97.5. The Morgan fingerprint density at radius 2 is 0.453 bits per heavy atom. The second-order valence-electron chi connectivity index (χ2n) is 37.1. The summed E-state index contributed by atoms with van der Waals surface area (Å²) in [6.45, 7) is 26.6. The van der Waals surface area contributed by atoms with Crippen LogP contribution in [0.1, 0.15) is 135 Å². The van der Waals surface area contributed by atoms with Gasteiger partial charge in [-0.2, -0.15) is 13.2 Å². The summed E-state index contributed by atoms with van der Waals surface area (Å²) in [6, 6.07) is 173. The Kier molecular flexibility index (Phi) is 37.4. The molecule has 0 heterocycles. The standard InChI is InChI=1S/C26H31S.C24H25S.C20H16F3S.3C20H19S/c1-25(2,3)20-12-16-23(17-13-20)27(22-10-8-7-9-11-22)24-18-14-21(15-19-24)26(4,5)6;1-4-10-20(11-5-1)21-16-18-24(19-17-21)25(22-12-6-2-7-13-22)23-14-8-3-9-15-23;21-20(22,23)15-16-8-7-13-19(14-16)24(17-9-3-1-4-10-17)18-11-5-2-6-12-18;1-16-13-17(2)15-20(14-16)21(18-9-5-3-6-10-18)19-11-7-4-8-12-19;1-16-13-14-20(17(2)15-16)21(18-9-5-3-6-10-18)19-11-7-4-8-12-19;1-16-8-12-19(13-9-16)21(18-6-4-3-5-7-18)20-14-10-17(2)11-15-20/h7-19H,1-6H3;2-3,6-9,12-20H,1,4-5,10-11H2;1-14H,15H2;3*3-15H,1-2H3/q6*+1. The van der Waals surface area contributed by atoms with Gasteiger partial charge in [-0.15, -0.1) is 0 Å². The predicted octanol–water partition coefficient (Wildman–Crippen LogP) is 36.3. The van der Waals surface area contributed by atoms with Gasteiger partial charge < -0.3 is 0 Å². The van der Waals surface area contributed by atoms with E-state index in [4.69, 9.17) is 0 Å². The third kappa shape index (κ3) is 30.0. The molecule has 0 aromatic heterocycles. The van der Waals surface area contributed by atoms with Gasteiger partial charge in [0.05, 0.1) is 71.8 Å². The van der Waals surface area contributed by atoms with Crippen LogP contribution in [-0.2, 0) is 82.6 Å². The summed E-state index contributed by atoms with van der Waals surface area (Å²) in [5.41, 5.74) is 12.9. The maximum atomic E-state index is 12.7. The molecule has 18 aromatic carbocycles. The predicted molar refractivity (Wildman–Crippen MR) is 590 cm³/mol. The first kappa shape index (κ1) is 103. The topological polar surface area (TPSA) is 0 Å². The fourth-order valence-corrected chi connectivity index (χ4v) is 29.8. The van der Waals surface area contributed by atoms with E-state index < -0.39 is 23.5 Å². The summed E-state index contributed by atoms with van der Waals surface area (Å²) in [6.07, 6.45) is 1.83. The number of benzene rings is 18. The number of hydrogen-bond donors (Lipinski definition) is 0. The Labute approximate surface area is 844 Å². The molecule has 19 rings (SSSR count). The van der Waals surface area contributed by atoms with Crippen LogP contribution in [0.5, 0.6) is 0 Å². The van der Waals surface area contributed by atoms with Crippen molar-refractivity contribution in [3.8, 4) is 0 Å². The van der Waals surface area contributed by atoms with E-state index in [1.807, 2.05) is 66.7 Å². The molecule has 0 nitrogen and oxygen atoms in total. The Balaban J connectivity index is 0.000000133. The second-order valence-corrected chi connectivity index (χ2v) is 49.2. The van der Waals surface area contributed by atoms with Crippen molar-refractivity contribution in [3.63, 3.8) is 0 Å². The quantitative estimate of drug-likeness (QED) is 0.0667. The van der Waals surface area contributed by atoms with Gasteiger partial charge in [0, 0.05) is 5.56 Å². The maximum Gasteiger partial charge on any atom is 0.393 e. The molecule has 1 saturated carbocycles. The molecular formula is C130H129F3S6+6. The fraction of sp³-hybridized carbons (Fsp3) is 0.169. The van der Waals surface area contributed by atoms with Gasteiger partial charge in [0.1, 0.15) is 0 Å². The van der Waals surface area contributed by atoms with Crippen molar-refractivity contribution in [2.45, 2.75) is 233 Å². The van der Waals surface area contributed by atoms with E-state index in [1.165, 1.54) is 162 Å². The summed E-state index contributed by atoms with van der Waals surface area (Å²) in [4.78, 5) is 23.8. The van der Waals surface area contributed by atoms with Crippen LogP contribution < -0.4 is 0 Å². The molecule has 1 fully saturated rings. The van der Waals surface area contributed by atoms with Crippen LogP contribution >= 0.6 is 0 Å². The lowest BCUT2D eigenvalue weighted by molar-refractivity contribution is -0.127. The van der Waals surface area contributed by atoms with Crippen molar-refractivity contribution in [1.82, 2.24) is 0 Å². The molecule has 0 unspecified atom stereocenters. The van der Waals surface area contributed by atoms with Gasteiger partial charge >= 0.3 is 6.18 Å². The van der Waals surface area contributed by atoms with E-state index in [9.17, 15) is 13.2 Å². The zero-order valence-electron chi connectivity index (χ0n) is 82.1. The minimum atomic E-state index is -4.20. The highest BCUT2D eigenvalue weighted by atomic mass is 32.2. The fourth-order valence-electron chi connectivity index (χ4n) is 16.9. The molecule has 1 aliphatic rings. The van der Waals surface area contributed by atoms with E-state index in [0.29, 0.717) is 5.56 Å². The molecule has 0 spiro atoms. The molecular weight excluding hydrogens is 1810 g/mol. The van der Waals surface area contributed by atoms with Crippen molar-refractivity contribution in [2.75, 3.05) is 0 Å². The smallest absolute Gasteiger partial charge is 0.171 e. The minimum absolute atomic E-state index is 0.0278. The molecule has 0 bridgehead atoms. The molecule has 0 radical (unpaired) electrons. The van der Waals surface area contributed by atoms with E-state index in [2.05, 4.69) is 483 Å². The van der Waals surface area contributed by atoms with Crippen LogP contribution in [0.4, 0.5) is 13.2 Å². The lowest BCUT2D eigenvalue weighted by Crippen LogP contribution is -2.12. The van der Waals surface area contributed by atoms with Gasteiger partial charge in [-0.05, 0) is 317 Å². The van der Waals surface area contributed by atoms with Crippen LogP contribution in [0, 0.1) is 41.5 Å². The molecule has 18 aromatic rings. The molecule has 0 N–H and O–H groups in total. The summed E-state index contributed by atoms with van der Waals surface area (Å²) in [5.74, 6) is 0.776. The van der Waals surface area contributed by atoms with Crippen LogP contribution in [0.3, 0.4) is 0 Å².